The first-order valence-electron chi connectivity index (χ1n) is 8.46. The molecule has 3 aromatic rings. The molecule has 0 aliphatic heterocycles. The van der Waals surface area contributed by atoms with Crippen molar-refractivity contribution in [3.05, 3.63) is 108 Å². The van der Waals surface area contributed by atoms with Crippen LogP contribution in [0.1, 0.15) is 16.7 Å². The van der Waals surface area contributed by atoms with E-state index in [4.69, 9.17) is 0 Å². The molecule has 0 spiro atoms. The third kappa shape index (κ3) is 3.52. The van der Waals surface area contributed by atoms with Gasteiger partial charge in [0.2, 0.25) is 0 Å². The van der Waals surface area contributed by atoms with Crippen molar-refractivity contribution in [2.75, 3.05) is 5.75 Å². The van der Waals surface area contributed by atoms with E-state index in [0.717, 1.165) is 16.7 Å². The Morgan fingerprint density at radius 1 is 0.808 bits per heavy atom. The average molecular weight is 363 g/mol. The Labute approximate surface area is 159 Å². The highest BCUT2D eigenvalue weighted by atomic mass is 32.1. The van der Waals surface area contributed by atoms with Gasteiger partial charge in [-0.25, -0.2) is 0 Å². The first-order chi connectivity index (χ1) is 12.7. The highest BCUT2D eigenvalue weighted by Gasteiger charge is 2.39. The van der Waals surface area contributed by atoms with E-state index in [-0.39, 0.29) is 5.75 Å². The minimum Gasteiger partial charge on any atom is -0.480 e. The minimum atomic E-state index is -0.924. The molecule has 0 unspecified atom stereocenters. The molecule has 3 nitrogen and oxygen atoms in total. The fourth-order valence-corrected chi connectivity index (χ4v) is 3.51. The molecule has 26 heavy (non-hydrogen) atoms. The fraction of sp³-hybridized carbons (Fsp3) is 0.136. The van der Waals surface area contributed by atoms with E-state index in [0.29, 0.717) is 0 Å². The van der Waals surface area contributed by atoms with Gasteiger partial charge in [-0.3, -0.25) is 10.1 Å². The third-order valence-electron chi connectivity index (χ3n) is 4.49. The lowest BCUT2D eigenvalue weighted by atomic mass is 9.76. The van der Waals surface area contributed by atoms with E-state index in [1.54, 1.807) is 0 Å². The van der Waals surface area contributed by atoms with Crippen LogP contribution in [0.15, 0.2) is 91.0 Å². The topological polar surface area (TPSA) is 49.3 Å². The van der Waals surface area contributed by atoms with Crippen LogP contribution >= 0.6 is 12.6 Å². The highest BCUT2D eigenvalue weighted by molar-refractivity contribution is 7.80. The van der Waals surface area contributed by atoms with Crippen LogP contribution < -0.4 is 5.32 Å². The van der Waals surface area contributed by atoms with E-state index in [1.807, 2.05) is 91.0 Å². The average Bonchev–Trinajstić information content (AvgIpc) is 2.71. The van der Waals surface area contributed by atoms with Crippen molar-refractivity contribution in [2.24, 2.45) is 0 Å². The SMILES string of the molecule is O=C(O)[C@@H](CS)NC(c1ccccc1)(c1ccccc1)c1ccccc1. The van der Waals surface area contributed by atoms with Gasteiger partial charge in [0.05, 0.1) is 5.54 Å². The number of hydrogen-bond acceptors (Lipinski definition) is 3. The van der Waals surface area contributed by atoms with Crippen LogP contribution in [0.25, 0.3) is 0 Å². The largest absolute Gasteiger partial charge is 0.480 e. The summed E-state index contributed by atoms with van der Waals surface area (Å²) in [6.07, 6.45) is 0. The number of thiol groups is 1. The number of carbonyl (C=O) groups is 1. The molecule has 3 aromatic carbocycles. The Kier molecular flexibility index (Phi) is 5.76. The maximum absolute atomic E-state index is 11.8. The summed E-state index contributed by atoms with van der Waals surface area (Å²) in [7, 11) is 0. The number of carboxylic acids is 1. The summed E-state index contributed by atoms with van der Waals surface area (Å²) in [5, 5.41) is 13.1. The summed E-state index contributed by atoms with van der Waals surface area (Å²) in [6, 6.07) is 29.0. The summed E-state index contributed by atoms with van der Waals surface area (Å²) in [6.45, 7) is 0. The molecule has 0 saturated carbocycles. The van der Waals surface area contributed by atoms with Crippen LogP contribution in [-0.2, 0) is 10.3 Å². The van der Waals surface area contributed by atoms with Gasteiger partial charge >= 0.3 is 5.97 Å². The summed E-state index contributed by atoms with van der Waals surface area (Å²) >= 11 is 4.26. The molecular formula is C22H21NO2S. The predicted octanol–water partition coefficient (Wildman–Crippen LogP) is 3.95. The van der Waals surface area contributed by atoms with Crippen LogP contribution in [-0.4, -0.2) is 22.9 Å². The van der Waals surface area contributed by atoms with Crippen LogP contribution in [0, 0.1) is 0 Å². The monoisotopic (exact) mass is 363 g/mol. The Balaban J connectivity index is 2.29. The van der Waals surface area contributed by atoms with Gasteiger partial charge < -0.3 is 5.11 Å². The normalized spacial score (nSPS) is 12.5. The van der Waals surface area contributed by atoms with Crippen molar-refractivity contribution in [2.45, 2.75) is 11.6 Å². The van der Waals surface area contributed by atoms with Gasteiger partial charge in [-0.05, 0) is 16.7 Å². The second-order valence-electron chi connectivity index (χ2n) is 6.07. The molecule has 0 bridgehead atoms. The molecular weight excluding hydrogens is 342 g/mol. The lowest BCUT2D eigenvalue weighted by Gasteiger charge is -2.39. The zero-order valence-electron chi connectivity index (χ0n) is 14.2. The number of rotatable bonds is 7. The molecule has 1 atom stereocenters. The molecule has 0 heterocycles. The zero-order valence-corrected chi connectivity index (χ0v) is 15.1. The molecule has 0 fully saturated rings. The zero-order chi connectivity index (χ0) is 18.4. The van der Waals surface area contributed by atoms with Crippen molar-refractivity contribution in [1.82, 2.24) is 5.32 Å². The second kappa shape index (κ2) is 8.21. The standard InChI is InChI=1S/C22H21NO2S/c24-21(25)20(16-26)23-22(17-10-4-1-5-11-17,18-12-6-2-7-13-18)19-14-8-3-9-15-19/h1-15,20,23,26H,16H2,(H,24,25)/t20-/m1/s1. The van der Waals surface area contributed by atoms with Crippen LogP contribution in [0.4, 0.5) is 0 Å². The summed E-state index contributed by atoms with van der Waals surface area (Å²) in [5.74, 6) is -0.740. The van der Waals surface area contributed by atoms with Gasteiger partial charge in [-0.1, -0.05) is 91.0 Å². The van der Waals surface area contributed by atoms with Crippen LogP contribution in [0.5, 0.6) is 0 Å². The van der Waals surface area contributed by atoms with Crippen molar-refractivity contribution < 1.29 is 9.90 Å². The number of benzene rings is 3. The Bertz CT molecular complexity index is 741. The van der Waals surface area contributed by atoms with E-state index in [2.05, 4.69) is 17.9 Å². The summed E-state index contributed by atoms with van der Waals surface area (Å²) in [4.78, 5) is 11.8. The van der Waals surface area contributed by atoms with E-state index in [1.165, 1.54) is 0 Å². The van der Waals surface area contributed by atoms with Crippen molar-refractivity contribution in [3.63, 3.8) is 0 Å². The Morgan fingerprint density at radius 2 is 1.15 bits per heavy atom. The van der Waals surface area contributed by atoms with Gasteiger partial charge in [-0.2, -0.15) is 12.6 Å². The van der Waals surface area contributed by atoms with Gasteiger partial charge in [-0.15, -0.1) is 0 Å². The van der Waals surface area contributed by atoms with Crippen molar-refractivity contribution in [3.8, 4) is 0 Å². The molecule has 2 N–H and O–H groups in total. The molecule has 4 heteroatoms. The summed E-state index contributed by atoms with van der Waals surface area (Å²) < 4.78 is 0. The van der Waals surface area contributed by atoms with E-state index in [9.17, 15) is 9.90 Å². The van der Waals surface area contributed by atoms with Crippen LogP contribution in [0.3, 0.4) is 0 Å². The molecule has 0 aliphatic rings. The lowest BCUT2D eigenvalue weighted by Crippen LogP contribution is -2.53. The lowest BCUT2D eigenvalue weighted by molar-refractivity contribution is -0.139. The first kappa shape index (κ1) is 18.2. The quantitative estimate of drug-likeness (QED) is 0.440. The molecule has 0 amide bonds. The van der Waals surface area contributed by atoms with E-state index >= 15 is 0 Å². The molecule has 0 aliphatic carbocycles. The fourth-order valence-electron chi connectivity index (χ4n) is 3.26. The Hall–Kier alpha value is -2.56. The van der Waals surface area contributed by atoms with Gasteiger partial charge in [0.15, 0.2) is 0 Å². The molecule has 0 aromatic heterocycles. The third-order valence-corrected chi connectivity index (χ3v) is 4.86. The maximum Gasteiger partial charge on any atom is 0.321 e. The minimum absolute atomic E-state index is 0.184. The number of nitrogens with one attached hydrogen (secondary N) is 1. The molecule has 132 valence electrons. The molecule has 3 rings (SSSR count). The van der Waals surface area contributed by atoms with E-state index < -0.39 is 17.6 Å². The highest BCUT2D eigenvalue weighted by Crippen LogP contribution is 2.37. The molecule has 0 radical (unpaired) electrons. The number of aliphatic carboxylic acids is 1. The Morgan fingerprint density at radius 3 is 1.42 bits per heavy atom. The van der Waals surface area contributed by atoms with Crippen LogP contribution in [0.2, 0.25) is 0 Å². The van der Waals surface area contributed by atoms with Gasteiger partial charge in [0.1, 0.15) is 6.04 Å². The maximum atomic E-state index is 11.8. The van der Waals surface area contributed by atoms with Gasteiger partial charge in [0, 0.05) is 5.75 Å². The first-order valence-corrected chi connectivity index (χ1v) is 9.09. The number of hydrogen-bond donors (Lipinski definition) is 3. The predicted molar refractivity (Wildman–Crippen MR) is 108 cm³/mol. The summed E-state index contributed by atoms with van der Waals surface area (Å²) in [5.41, 5.74) is 2.14. The van der Waals surface area contributed by atoms with Gasteiger partial charge in [0.25, 0.3) is 0 Å². The second-order valence-corrected chi connectivity index (χ2v) is 6.43. The van der Waals surface area contributed by atoms with Crippen molar-refractivity contribution >= 4 is 18.6 Å². The number of carboxylic acid groups (broad SMARTS) is 1. The molecule has 0 saturated heterocycles. The smallest absolute Gasteiger partial charge is 0.321 e. The van der Waals surface area contributed by atoms with Crippen molar-refractivity contribution in [1.29, 1.82) is 0 Å².